The van der Waals surface area contributed by atoms with E-state index in [0.29, 0.717) is 6.61 Å². The first-order chi connectivity index (χ1) is 8.72. The van der Waals surface area contributed by atoms with E-state index in [1.165, 1.54) is 0 Å². The van der Waals surface area contributed by atoms with Crippen molar-refractivity contribution < 1.29 is 28.8 Å². The second-order valence-corrected chi connectivity index (χ2v) is 4.53. The third kappa shape index (κ3) is 2.04. The molecule has 0 aromatic rings. The summed E-state index contributed by atoms with van der Waals surface area (Å²) in [6.07, 6.45) is -3.83. The highest BCUT2D eigenvalue weighted by Gasteiger charge is 2.54. The fourth-order valence-corrected chi connectivity index (χ4v) is 2.53. The van der Waals surface area contributed by atoms with E-state index in [0.717, 1.165) is 0 Å². The molecule has 7 atom stereocenters. The molecule has 3 aliphatic rings. The monoisotopic (exact) mass is 262 g/mol. The van der Waals surface area contributed by atoms with Crippen molar-refractivity contribution in [3.8, 4) is 0 Å². The summed E-state index contributed by atoms with van der Waals surface area (Å²) >= 11 is 0. The molecule has 0 aromatic carbocycles. The third-order valence-corrected chi connectivity index (χ3v) is 3.37. The number of rotatable bonds is 2. The molecule has 3 fully saturated rings. The lowest BCUT2D eigenvalue weighted by Crippen LogP contribution is -2.62. The van der Waals surface area contributed by atoms with Crippen molar-refractivity contribution in [2.75, 3.05) is 19.7 Å². The van der Waals surface area contributed by atoms with E-state index in [1.54, 1.807) is 0 Å². The summed E-state index contributed by atoms with van der Waals surface area (Å²) in [5.74, 6) is 0. The molecule has 0 bridgehead atoms. The Morgan fingerprint density at radius 2 is 1.56 bits per heavy atom. The molecule has 8 heteroatoms. The molecule has 0 aliphatic carbocycles. The average Bonchev–Trinajstić information content (AvgIpc) is 2.83. The highest BCUT2D eigenvalue weighted by Crippen LogP contribution is 2.35. The van der Waals surface area contributed by atoms with E-state index in [9.17, 15) is 5.11 Å². The van der Waals surface area contributed by atoms with E-state index in [4.69, 9.17) is 35.2 Å². The standard InChI is InChI=1S/C10H18N2O6/c11-1-5-14-3-4-7(16-5)8-9(10(13)15-4)18-6(2-12)17-8/h4-10,13H,1-3,11-12H2. The van der Waals surface area contributed by atoms with Gasteiger partial charge < -0.3 is 40.3 Å². The van der Waals surface area contributed by atoms with Gasteiger partial charge >= 0.3 is 0 Å². The molecule has 104 valence electrons. The Morgan fingerprint density at radius 3 is 2.28 bits per heavy atom. The zero-order valence-corrected chi connectivity index (χ0v) is 9.81. The first kappa shape index (κ1) is 12.7. The Kier molecular flexibility index (Phi) is 3.52. The fourth-order valence-electron chi connectivity index (χ4n) is 2.53. The third-order valence-electron chi connectivity index (χ3n) is 3.37. The number of aliphatic hydroxyl groups excluding tert-OH is 1. The zero-order chi connectivity index (χ0) is 12.7. The first-order valence-corrected chi connectivity index (χ1v) is 6.04. The Morgan fingerprint density at radius 1 is 0.889 bits per heavy atom. The predicted molar refractivity (Wildman–Crippen MR) is 57.1 cm³/mol. The van der Waals surface area contributed by atoms with Gasteiger partial charge in [0.05, 0.1) is 6.61 Å². The van der Waals surface area contributed by atoms with E-state index in [1.807, 2.05) is 0 Å². The van der Waals surface area contributed by atoms with Crippen LogP contribution < -0.4 is 11.5 Å². The number of hydrogen-bond donors (Lipinski definition) is 3. The van der Waals surface area contributed by atoms with Crippen molar-refractivity contribution in [3.05, 3.63) is 0 Å². The summed E-state index contributed by atoms with van der Waals surface area (Å²) in [5.41, 5.74) is 11.0. The van der Waals surface area contributed by atoms with E-state index in [2.05, 4.69) is 0 Å². The highest BCUT2D eigenvalue weighted by molar-refractivity contribution is 4.96. The molecule has 0 saturated carbocycles. The molecule has 3 heterocycles. The Labute approximate surface area is 104 Å². The van der Waals surface area contributed by atoms with E-state index >= 15 is 0 Å². The van der Waals surface area contributed by atoms with Gasteiger partial charge in [0.25, 0.3) is 0 Å². The van der Waals surface area contributed by atoms with Gasteiger partial charge in [0.1, 0.15) is 24.4 Å². The van der Waals surface area contributed by atoms with Crippen molar-refractivity contribution in [1.29, 1.82) is 0 Å². The summed E-state index contributed by atoms with van der Waals surface area (Å²) in [6, 6.07) is 0. The van der Waals surface area contributed by atoms with Crippen LogP contribution in [0.4, 0.5) is 0 Å². The van der Waals surface area contributed by atoms with Crippen LogP contribution in [0.1, 0.15) is 0 Å². The molecule has 8 nitrogen and oxygen atoms in total. The van der Waals surface area contributed by atoms with Gasteiger partial charge in [-0.15, -0.1) is 0 Å². The molecule has 3 aliphatic heterocycles. The maximum absolute atomic E-state index is 9.85. The Bertz CT molecular complexity index is 306. The largest absolute Gasteiger partial charge is 0.366 e. The topological polar surface area (TPSA) is 118 Å². The zero-order valence-electron chi connectivity index (χ0n) is 9.81. The van der Waals surface area contributed by atoms with Crippen LogP contribution in [0.5, 0.6) is 0 Å². The SMILES string of the molecule is NCC1OCC2OC(O)C3OC(CN)OC3C2O1. The van der Waals surface area contributed by atoms with Crippen LogP contribution in [-0.4, -0.2) is 68.1 Å². The van der Waals surface area contributed by atoms with Crippen molar-refractivity contribution >= 4 is 0 Å². The molecule has 0 aromatic heterocycles. The van der Waals surface area contributed by atoms with Crippen molar-refractivity contribution in [2.45, 2.75) is 43.3 Å². The fraction of sp³-hybridized carbons (Fsp3) is 1.00. The molecular formula is C10H18N2O6. The molecular weight excluding hydrogens is 244 g/mol. The molecule has 3 rings (SSSR count). The van der Waals surface area contributed by atoms with E-state index in [-0.39, 0.29) is 25.3 Å². The average molecular weight is 262 g/mol. The van der Waals surface area contributed by atoms with Gasteiger partial charge in [-0.3, -0.25) is 0 Å². The molecule has 0 amide bonds. The van der Waals surface area contributed by atoms with Crippen LogP contribution in [0.15, 0.2) is 0 Å². The lowest BCUT2D eigenvalue weighted by atomic mass is 9.98. The summed E-state index contributed by atoms with van der Waals surface area (Å²) in [5, 5.41) is 9.85. The number of aliphatic hydroxyl groups is 1. The second kappa shape index (κ2) is 4.99. The van der Waals surface area contributed by atoms with Crippen LogP contribution >= 0.6 is 0 Å². The van der Waals surface area contributed by atoms with Gasteiger partial charge in [-0.05, 0) is 0 Å². The van der Waals surface area contributed by atoms with Crippen LogP contribution in [0.3, 0.4) is 0 Å². The smallest absolute Gasteiger partial charge is 0.184 e. The lowest BCUT2D eigenvalue weighted by Gasteiger charge is -2.44. The summed E-state index contributed by atoms with van der Waals surface area (Å²) in [7, 11) is 0. The lowest BCUT2D eigenvalue weighted by molar-refractivity contribution is -0.334. The number of nitrogens with two attached hydrogens (primary N) is 2. The summed E-state index contributed by atoms with van der Waals surface area (Å²) in [4.78, 5) is 0. The minimum atomic E-state index is -1.06. The maximum Gasteiger partial charge on any atom is 0.184 e. The summed E-state index contributed by atoms with van der Waals surface area (Å²) < 4.78 is 27.5. The van der Waals surface area contributed by atoms with Crippen LogP contribution in [0.2, 0.25) is 0 Å². The Hall–Kier alpha value is -0.320. The van der Waals surface area contributed by atoms with Crippen molar-refractivity contribution in [2.24, 2.45) is 11.5 Å². The van der Waals surface area contributed by atoms with Crippen molar-refractivity contribution in [3.63, 3.8) is 0 Å². The van der Waals surface area contributed by atoms with Gasteiger partial charge in [0.15, 0.2) is 18.9 Å². The van der Waals surface area contributed by atoms with Crippen LogP contribution in [-0.2, 0) is 23.7 Å². The normalized spacial score (nSPS) is 51.8. The van der Waals surface area contributed by atoms with E-state index < -0.39 is 31.1 Å². The van der Waals surface area contributed by atoms with Gasteiger partial charge in [0.2, 0.25) is 0 Å². The second-order valence-electron chi connectivity index (χ2n) is 4.53. The number of hydrogen-bond acceptors (Lipinski definition) is 8. The molecule has 0 spiro atoms. The quantitative estimate of drug-likeness (QED) is 0.498. The van der Waals surface area contributed by atoms with Crippen LogP contribution in [0, 0.1) is 0 Å². The molecule has 0 radical (unpaired) electrons. The van der Waals surface area contributed by atoms with Gasteiger partial charge in [-0.1, -0.05) is 0 Å². The van der Waals surface area contributed by atoms with Crippen molar-refractivity contribution in [1.82, 2.24) is 0 Å². The maximum atomic E-state index is 9.85. The molecule has 5 N–H and O–H groups in total. The van der Waals surface area contributed by atoms with Gasteiger partial charge in [-0.25, -0.2) is 0 Å². The van der Waals surface area contributed by atoms with Gasteiger partial charge in [0, 0.05) is 13.1 Å². The summed E-state index contributed by atoms with van der Waals surface area (Å²) in [6.45, 7) is 0.779. The highest BCUT2D eigenvalue weighted by atomic mass is 16.8. The minimum Gasteiger partial charge on any atom is -0.366 e. The first-order valence-electron chi connectivity index (χ1n) is 6.04. The molecule has 7 unspecified atom stereocenters. The predicted octanol–water partition coefficient (Wildman–Crippen LogP) is -2.53. The number of fused-ring (bicyclic) bond motifs is 3. The molecule has 3 saturated heterocycles. The van der Waals surface area contributed by atoms with Crippen LogP contribution in [0.25, 0.3) is 0 Å². The minimum absolute atomic E-state index is 0.216. The molecule has 18 heavy (non-hydrogen) atoms. The number of ether oxygens (including phenoxy) is 5. The van der Waals surface area contributed by atoms with Gasteiger partial charge in [-0.2, -0.15) is 0 Å². The Balaban J connectivity index is 1.75.